The van der Waals surface area contributed by atoms with Crippen molar-refractivity contribution in [3.8, 4) is 0 Å². The highest BCUT2D eigenvalue weighted by Crippen LogP contribution is 2.49. The monoisotopic (exact) mass is 383 g/mol. The minimum Gasteiger partial charge on any atom is -0.465 e. The summed E-state index contributed by atoms with van der Waals surface area (Å²) in [6, 6.07) is 5.88. The summed E-state index contributed by atoms with van der Waals surface area (Å²) in [7, 11) is 0. The molecule has 1 fully saturated rings. The number of thioether (sulfide) groups is 1. The first-order valence-electron chi connectivity index (χ1n) is 7.44. The van der Waals surface area contributed by atoms with E-state index in [1.54, 1.807) is 11.8 Å². The predicted molar refractivity (Wildman–Crippen MR) is 91.4 cm³/mol. The zero-order valence-corrected chi connectivity index (χ0v) is 14.8. The Morgan fingerprint density at radius 1 is 1.41 bits per heavy atom. The van der Waals surface area contributed by atoms with Crippen LogP contribution < -0.4 is 4.90 Å². The van der Waals surface area contributed by atoms with E-state index in [0.29, 0.717) is 6.61 Å². The van der Waals surface area contributed by atoms with Crippen molar-refractivity contribution in [1.82, 2.24) is 0 Å². The van der Waals surface area contributed by atoms with Crippen LogP contribution in [0.2, 0.25) is 0 Å². The van der Waals surface area contributed by atoms with Gasteiger partial charge in [-0.25, -0.2) is 0 Å². The fraction of sp³-hybridized carbons (Fsp3) is 0.500. The molecule has 0 atom stereocenters. The van der Waals surface area contributed by atoms with E-state index in [-0.39, 0.29) is 18.4 Å². The average Bonchev–Trinajstić information content (AvgIpc) is 2.71. The number of benzene rings is 1. The number of esters is 1. The summed E-state index contributed by atoms with van der Waals surface area (Å²) >= 11 is 5.39. The highest BCUT2D eigenvalue weighted by Gasteiger charge is 2.51. The standard InChI is InChI=1S/C16H18BrNO3S/c1-2-21-14(19)10-18-13-4-3-11(17)9-12(13)16(15(18)20)5-7-22-8-6-16/h3-4,9H,2,5-8,10H2,1H3. The van der Waals surface area contributed by atoms with Crippen molar-refractivity contribution in [1.29, 1.82) is 0 Å². The predicted octanol–water partition coefficient (Wildman–Crippen LogP) is 3.12. The molecule has 0 N–H and O–H groups in total. The van der Waals surface area contributed by atoms with Crippen LogP contribution in [0, 0.1) is 0 Å². The van der Waals surface area contributed by atoms with Gasteiger partial charge in [0.1, 0.15) is 6.54 Å². The zero-order valence-electron chi connectivity index (χ0n) is 12.4. The lowest BCUT2D eigenvalue weighted by Crippen LogP contribution is -2.44. The van der Waals surface area contributed by atoms with Crippen LogP contribution in [0.25, 0.3) is 0 Å². The first kappa shape index (κ1) is 15.9. The number of halogens is 1. The smallest absolute Gasteiger partial charge is 0.326 e. The van der Waals surface area contributed by atoms with Crippen molar-refractivity contribution in [3.63, 3.8) is 0 Å². The number of nitrogens with zero attached hydrogens (tertiary/aromatic N) is 1. The van der Waals surface area contributed by atoms with Crippen LogP contribution in [0.1, 0.15) is 25.3 Å². The van der Waals surface area contributed by atoms with Crippen LogP contribution in [0.3, 0.4) is 0 Å². The molecule has 118 valence electrons. The van der Waals surface area contributed by atoms with Crippen molar-refractivity contribution in [2.24, 2.45) is 0 Å². The fourth-order valence-corrected chi connectivity index (χ4v) is 4.86. The molecule has 6 heteroatoms. The third kappa shape index (κ3) is 2.56. The summed E-state index contributed by atoms with van der Waals surface area (Å²) < 4.78 is 5.99. The van der Waals surface area contributed by atoms with E-state index in [2.05, 4.69) is 15.9 Å². The lowest BCUT2D eigenvalue weighted by Gasteiger charge is -2.32. The highest BCUT2D eigenvalue weighted by molar-refractivity contribution is 9.10. The minimum atomic E-state index is -0.461. The van der Waals surface area contributed by atoms with Gasteiger partial charge in [0.2, 0.25) is 5.91 Å². The van der Waals surface area contributed by atoms with Gasteiger partial charge < -0.3 is 9.64 Å². The molecular formula is C16H18BrNO3S. The van der Waals surface area contributed by atoms with Gasteiger partial charge in [-0.2, -0.15) is 11.8 Å². The maximum atomic E-state index is 13.1. The Kier molecular flexibility index (Phi) is 4.50. The summed E-state index contributed by atoms with van der Waals surface area (Å²) in [5, 5.41) is 0. The third-order valence-electron chi connectivity index (χ3n) is 4.36. The Bertz CT molecular complexity index is 613. The molecule has 1 amide bonds. The topological polar surface area (TPSA) is 46.6 Å². The van der Waals surface area contributed by atoms with E-state index in [0.717, 1.165) is 40.1 Å². The number of carbonyl (C=O) groups excluding carboxylic acids is 2. The Hall–Kier alpha value is -1.01. The zero-order chi connectivity index (χ0) is 15.7. The van der Waals surface area contributed by atoms with Gasteiger partial charge in [-0.1, -0.05) is 15.9 Å². The molecule has 0 aromatic heterocycles. The quantitative estimate of drug-likeness (QED) is 0.752. The Labute approximate surface area is 142 Å². The number of anilines is 1. The Morgan fingerprint density at radius 3 is 2.82 bits per heavy atom. The van der Waals surface area contributed by atoms with Crippen LogP contribution >= 0.6 is 27.7 Å². The van der Waals surface area contributed by atoms with Crippen LogP contribution in [-0.2, 0) is 19.7 Å². The van der Waals surface area contributed by atoms with Crippen molar-refractivity contribution in [2.45, 2.75) is 25.2 Å². The molecule has 0 radical (unpaired) electrons. The van der Waals surface area contributed by atoms with Gasteiger partial charge in [-0.05, 0) is 55.0 Å². The van der Waals surface area contributed by atoms with Gasteiger partial charge in [-0.15, -0.1) is 0 Å². The van der Waals surface area contributed by atoms with E-state index in [1.807, 2.05) is 30.0 Å². The second-order valence-electron chi connectivity index (χ2n) is 5.55. The van der Waals surface area contributed by atoms with E-state index in [4.69, 9.17) is 4.74 Å². The lowest BCUT2D eigenvalue weighted by atomic mass is 9.76. The van der Waals surface area contributed by atoms with Gasteiger partial charge in [0.15, 0.2) is 0 Å². The van der Waals surface area contributed by atoms with Gasteiger partial charge in [0, 0.05) is 10.2 Å². The summed E-state index contributed by atoms with van der Waals surface area (Å²) in [5.41, 5.74) is 1.45. The molecular weight excluding hydrogens is 366 g/mol. The number of hydrogen-bond donors (Lipinski definition) is 0. The number of hydrogen-bond acceptors (Lipinski definition) is 4. The molecule has 0 aliphatic carbocycles. The van der Waals surface area contributed by atoms with Crippen LogP contribution in [-0.4, -0.2) is 36.5 Å². The van der Waals surface area contributed by atoms with Crippen molar-refractivity contribution < 1.29 is 14.3 Å². The van der Waals surface area contributed by atoms with Crippen molar-refractivity contribution >= 4 is 45.3 Å². The summed E-state index contributed by atoms with van der Waals surface area (Å²) in [6.45, 7) is 2.10. The Morgan fingerprint density at radius 2 is 2.14 bits per heavy atom. The van der Waals surface area contributed by atoms with Crippen LogP contribution in [0.15, 0.2) is 22.7 Å². The molecule has 1 aromatic carbocycles. The number of ether oxygens (including phenoxy) is 1. The third-order valence-corrected chi connectivity index (χ3v) is 5.84. The van der Waals surface area contributed by atoms with E-state index in [1.165, 1.54) is 0 Å². The van der Waals surface area contributed by atoms with Crippen LogP contribution in [0.4, 0.5) is 5.69 Å². The van der Waals surface area contributed by atoms with Gasteiger partial charge in [0.25, 0.3) is 0 Å². The van der Waals surface area contributed by atoms with E-state index < -0.39 is 5.41 Å². The van der Waals surface area contributed by atoms with E-state index in [9.17, 15) is 9.59 Å². The largest absolute Gasteiger partial charge is 0.465 e. The molecule has 22 heavy (non-hydrogen) atoms. The summed E-state index contributed by atoms with van der Waals surface area (Å²) in [6.07, 6.45) is 1.67. The fourth-order valence-electron chi connectivity index (χ4n) is 3.31. The first-order chi connectivity index (χ1) is 10.6. The maximum absolute atomic E-state index is 13.1. The maximum Gasteiger partial charge on any atom is 0.326 e. The Balaban J connectivity index is 2.00. The second kappa shape index (κ2) is 6.24. The molecule has 3 rings (SSSR count). The van der Waals surface area contributed by atoms with Crippen molar-refractivity contribution in [2.75, 3.05) is 29.6 Å². The van der Waals surface area contributed by atoms with Gasteiger partial charge in [-0.3, -0.25) is 9.59 Å². The average molecular weight is 384 g/mol. The molecule has 4 nitrogen and oxygen atoms in total. The number of fused-ring (bicyclic) bond motifs is 2. The normalized spacial score (nSPS) is 19.4. The number of amides is 1. The van der Waals surface area contributed by atoms with Gasteiger partial charge >= 0.3 is 5.97 Å². The molecule has 2 heterocycles. The molecule has 0 bridgehead atoms. The SMILES string of the molecule is CCOC(=O)CN1C(=O)C2(CCSCC2)c2cc(Br)ccc21. The second-order valence-corrected chi connectivity index (χ2v) is 7.69. The molecule has 2 aliphatic heterocycles. The molecule has 1 saturated heterocycles. The molecule has 0 unspecified atom stereocenters. The molecule has 1 spiro atoms. The van der Waals surface area contributed by atoms with Crippen molar-refractivity contribution in [3.05, 3.63) is 28.2 Å². The minimum absolute atomic E-state index is 0.00377. The number of rotatable bonds is 3. The molecule has 1 aromatic rings. The number of carbonyl (C=O) groups is 2. The van der Waals surface area contributed by atoms with E-state index >= 15 is 0 Å². The summed E-state index contributed by atoms with van der Waals surface area (Å²) in [4.78, 5) is 26.6. The van der Waals surface area contributed by atoms with Gasteiger partial charge in [0.05, 0.1) is 12.0 Å². The summed E-state index contributed by atoms with van der Waals surface area (Å²) in [5.74, 6) is 1.65. The molecule has 2 aliphatic rings. The lowest BCUT2D eigenvalue weighted by molar-refractivity contribution is -0.142. The highest BCUT2D eigenvalue weighted by atomic mass is 79.9. The molecule has 0 saturated carbocycles. The van der Waals surface area contributed by atoms with Crippen LogP contribution in [0.5, 0.6) is 0 Å². The first-order valence-corrected chi connectivity index (χ1v) is 9.38.